The summed E-state index contributed by atoms with van der Waals surface area (Å²) < 4.78 is 0. The first-order chi connectivity index (χ1) is 9.99. The summed E-state index contributed by atoms with van der Waals surface area (Å²) in [7, 11) is 3.78. The quantitative estimate of drug-likeness (QED) is 0.886. The van der Waals surface area contributed by atoms with Crippen LogP contribution in [0, 0.1) is 11.8 Å². The second kappa shape index (κ2) is 6.56. The standard InChI is InChI=1S/C15H21N3O3/c1-18(2)13-8-7-10(9-16-13)17-14(19)11-5-3-4-6-12(11)15(20)21/h7-9,11-12H,3-6H2,1-2H3,(H,17,19)(H,20,21). The molecule has 2 atom stereocenters. The van der Waals surface area contributed by atoms with Crippen molar-refractivity contribution in [1.82, 2.24) is 4.98 Å². The SMILES string of the molecule is CN(C)c1ccc(NC(=O)C2CCCCC2C(=O)O)cn1. The summed E-state index contributed by atoms with van der Waals surface area (Å²) in [5.74, 6) is -1.33. The highest BCUT2D eigenvalue weighted by molar-refractivity contribution is 5.95. The molecule has 6 heteroatoms. The van der Waals surface area contributed by atoms with Gasteiger partial charge in [0.1, 0.15) is 5.82 Å². The van der Waals surface area contributed by atoms with Gasteiger partial charge in [-0.05, 0) is 25.0 Å². The van der Waals surface area contributed by atoms with Gasteiger partial charge in [0, 0.05) is 14.1 Å². The molecule has 1 fully saturated rings. The van der Waals surface area contributed by atoms with Crippen molar-refractivity contribution in [1.29, 1.82) is 0 Å². The molecule has 0 radical (unpaired) electrons. The van der Waals surface area contributed by atoms with Crippen LogP contribution in [0.15, 0.2) is 18.3 Å². The zero-order valence-electron chi connectivity index (χ0n) is 12.4. The van der Waals surface area contributed by atoms with Crippen molar-refractivity contribution in [3.63, 3.8) is 0 Å². The summed E-state index contributed by atoms with van der Waals surface area (Å²) in [5, 5.41) is 12.0. The van der Waals surface area contributed by atoms with Gasteiger partial charge in [0.2, 0.25) is 5.91 Å². The van der Waals surface area contributed by atoms with E-state index in [4.69, 9.17) is 0 Å². The predicted octanol–water partition coefficient (Wildman–Crippen LogP) is 1.98. The topological polar surface area (TPSA) is 82.5 Å². The molecule has 2 N–H and O–H groups in total. The zero-order chi connectivity index (χ0) is 15.4. The van der Waals surface area contributed by atoms with E-state index < -0.39 is 17.8 Å². The lowest BCUT2D eigenvalue weighted by Crippen LogP contribution is -2.36. The van der Waals surface area contributed by atoms with E-state index in [9.17, 15) is 14.7 Å². The molecule has 1 aliphatic rings. The maximum Gasteiger partial charge on any atom is 0.307 e. The molecule has 6 nitrogen and oxygen atoms in total. The molecule has 0 bridgehead atoms. The number of nitrogens with zero attached hydrogens (tertiary/aromatic N) is 2. The Hall–Kier alpha value is -2.11. The van der Waals surface area contributed by atoms with Gasteiger partial charge in [-0.3, -0.25) is 9.59 Å². The maximum atomic E-state index is 12.3. The Bertz CT molecular complexity index is 513. The molecule has 1 aromatic heterocycles. The third-order valence-electron chi connectivity index (χ3n) is 3.89. The van der Waals surface area contributed by atoms with E-state index in [-0.39, 0.29) is 5.91 Å². The molecule has 1 saturated carbocycles. The zero-order valence-corrected chi connectivity index (χ0v) is 12.4. The number of rotatable bonds is 4. The summed E-state index contributed by atoms with van der Waals surface area (Å²) >= 11 is 0. The Kier molecular flexibility index (Phi) is 4.77. The fraction of sp³-hybridized carbons (Fsp3) is 0.533. The van der Waals surface area contributed by atoms with Crippen molar-refractivity contribution in [3.8, 4) is 0 Å². The summed E-state index contributed by atoms with van der Waals surface area (Å²) in [4.78, 5) is 29.6. The van der Waals surface area contributed by atoms with Crippen LogP contribution in [0.5, 0.6) is 0 Å². The molecule has 1 aliphatic carbocycles. The fourth-order valence-electron chi connectivity index (χ4n) is 2.70. The monoisotopic (exact) mass is 291 g/mol. The van der Waals surface area contributed by atoms with Crippen LogP contribution < -0.4 is 10.2 Å². The lowest BCUT2D eigenvalue weighted by molar-refractivity contribution is -0.147. The molecule has 21 heavy (non-hydrogen) atoms. The number of nitrogens with one attached hydrogen (secondary N) is 1. The van der Waals surface area contributed by atoms with Gasteiger partial charge in [-0.1, -0.05) is 12.8 Å². The number of pyridine rings is 1. The Morgan fingerprint density at radius 3 is 2.43 bits per heavy atom. The minimum atomic E-state index is -0.879. The average molecular weight is 291 g/mol. The van der Waals surface area contributed by atoms with Gasteiger partial charge in [0.05, 0.1) is 23.7 Å². The number of carbonyl (C=O) groups excluding carboxylic acids is 1. The second-order valence-electron chi connectivity index (χ2n) is 5.62. The van der Waals surface area contributed by atoms with Crippen molar-refractivity contribution in [3.05, 3.63) is 18.3 Å². The average Bonchev–Trinajstić information content (AvgIpc) is 2.47. The smallest absolute Gasteiger partial charge is 0.307 e. The predicted molar refractivity (Wildman–Crippen MR) is 80.3 cm³/mol. The summed E-state index contributed by atoms with van der Waals surface area (Å²) in [6.07, 6.45) is 4.57. The Balaban J connectivity index is 2.04. The van der Waals surface area contributed by atoms with Crippen molar-refractivity contribution in [2.75, 3.05) is 24.3 Å². The van der Waals surface area contributed by atoms with Gasteiger partial charge < -0.3 is 15.3 Å². The number of amides is 1. The van der Waals surface area contributed by atoms with E-state index in [1.165, 1.54) is 0 Å². The molecule has 1 amide bonds. The normalized spacial score (nSPS) is 21.6. The van der Waals surface area contributed by atoms with Gasteiger partial charge in [0.25, 0.3) is 0 Å². The second-order valence-corrected chi connectivity index (χ2v) is 5.62. The highest BCUT2D eigenvalue weighted by Crippen LogP contribution is 2.31. The molecule has 1 aromatic rings. The van der Waals surface area contributed by atoms with Crippen LogP contribution in [0.4, 0.5) is 11.5 Å². The van der Waals surface area contributed by atoms with Crippen molar-refractivity contribution >= 4 is 23.4 Å². The molecular weight excluding hydrogens is 270 g/mol. The van der Waals surface area contributed by atoms with E-state index in [0.29, 0.717) is 18.5 Å². The molecule has 0 spiro atoms. The van der Waals surface area contributed by atoms with Gasteiger partial charge in [-0.2, -0.15) is 0 Å². The highest BCUT2D eigenvalue weighted by Gasteiger charge is 2.35. The number of hydrogen-bond acceptors (Lipinski definition) is 4. The molecule has 0 saturated heterocycles. The highest BCUT2D eigenvalue weighted by atomic mass is 16.4. The third kappa shape index (κ3) is 3.71. The van der Waals surface area contributed by atoms with E-state index >= 15 is 0 Å². The van der Waals surface area contributed by atoms with Crippen LogP contribution in [-0.2, 0) is 9.59 Å². The van der Waals surface area contributed by atoms with Crippen molar-refractivity contribution < 1.29 is 14.7 Å². The van der Waals surface area contributed by atoms with E-state index in [0.717, 1.165) is 18.7 Å². The number of carboxylic acid groups (broad SMARTS) is 1. The van der Waals surface area contributed by atoms with Crippen LogP contribution in [0.2, 0.25) is 0 Å². The van der Waals surface area contributed by atoms with Crippen LogP contribution >= 0.6 is 0 Å². The number of aromatic nitrogens is 1. The largest absolute Gasteiger partial charge is 0.481 e. The lowest BCUT2D eigenvalue weighted by atomic mass is 9.78. The van der Waals surface area contributed by atoms with Crippen molar-refractivity contribution in [2.45, 2.75) is 25.7 Å². The first-order valence-corrected chi connectivity index (χ1v) is 7.16. The number of hydrogen-bond donors (Lipinski definition) is 2. The summed E-state index contributed by atoms with van der Waals surface area (Å²) in [6.45, 7) is 0. The minimum absolute atomic E-state index is 0.221. The molecule has 2 unspecified atom stereocenters. The van der Waals surface area contributed by atoms with Gasteiger partial charge in [0.15, 0.2) is 0 Å². The summed E-state index contributed by atoms with van der Waals surface area (Å²) in [6, 6.07) is 3.59. The summed E-state index contributed by atoms with van der Waals surface area (Å²) in [5.41, 5.74) is 0.598. The molecule has 2 rings (SSSR count). The molecule has 0 aliphatic heterocycles. The van der Waals surface area contributed by atoms with Gasteiger partial charge in [-0.25, -0.2) is 4.98 Å². The van der Waals surface area contributed by atoms with Crippen LogP contribution in [0.25, 0.3) is 0 Å². The van der Waals surface area contributed by atoms with Gasteiger partial charge in [-0.15, -0.1) is 0 Å². The minimum Gasteiger partial charge on any atom is -0.481 e. The molecule has 0 aromatic carbocycles. The first kappa shape index (κ1) is 15.3. The lowest BCUT2D eigenvalue weighted by Gasteiger charge is -2.27. The number of aliphatic carboxylic acids is 1. The number of anilines is 2. The van der Waals surface area contributed by atoms with Crippen LogP contribution in [0.3, 0.4) is 0 Å². The van der Waals surface area contributed by atoms with E-state index in [1.54, 1.807) is 12.3 Å². The van der Waals surface area contributed by atoms with Crippen LogP contribution in [-0.4, -0.2) is 36.1 Å². The fourth-order valence-corrected chi connectivity index (χ4v) is 2.70. The van der Waals surface area contributed by atoms with E-state index in [1.807, 2.05) is 25.1 Å². The molecule has 1 heterocycles. The van der Waals surface area contributed by atoms with Crippen molar-refractivity contribution in [2.24, 2.45) is 11.8 Å². The third-order valence-corrected chi connectivity index (χ3v) is 3.89. The maximum absolute atomic E-state index is 12.3. The molecular formula is C15H21N3O3. The number of carbonyl (C=O) groups is 2. The Labute approximate surface area is 124 Å². The Morgan fingerprint density at radius 2 is 1.90 bits per heavy atom. The molecule has 114 valence electrons. The first-order valence-electron chi connectivity index (χ1n) is 7.16. The van der Waals surface area contributed by atoms with Crippen LogP contribution in [0.1, 0.15) is 25.7 Å². The van der Waals surface area contributed by atoms with Gasteiger partial charge >= 0.3 is 5.97 Å². The number of carboxylic acids is 1. The Morgan fingerprint density at radius 1 is 1.24 bits per heavy atom. The van der Waals surface area contributed by atoms with E-state index in [2.05, 4.69) is 10.3 Å².